The fourth-order valence-electron chi connectivity index (χ4n) is 3.94. The zero-order chi connectivity index (χ0) is 23.1. The Hall–Kier alpha value is -4.04. The molecular formula is C25H19N3O4S. The first-order valence-corrected chi connectivity index (χ1v) is 11.0. The second kappa shape index (κ2) is 8.14. The molecule has 1 N–H and O–H groups in total. The first-order valence-electron chi connectivity index (χ1n) is 10.2. The van der Waals surface area contributed by atoms with Crippen LogP contribution in [0.15, 0.2) is 72.6 Å². The van der Waals surface area contributed by atoms with Crippen molar-refractivity contribution in [3.63, 3.8) is 0 Å². The van der Waals surface area contributed by atoms with Crippen molar-refractivity contribution in [1.82, 2.24) is 9.97 Å². The fourth-order valence-corrected chi connectivity index (χ4v) is 5.04. The maximum absolute atomic E-state index is 13.3. The van der Waals surface area contributed by atoms with E-state index in [1.165, 1.54) is 28.6 Å². The van der Waals surface area contributed by atoms with Gasteiger partial charge < -0.3 is 9.84 Å². The number of aliphatic hydroxyl groups is 1. The minimum atomic E-state index is -0.866. The van der Waals surface area contributed by atoms with Gasteiger partial charge in [-0.2, -0.15) is 0 Å². The molecule has 3 heterocycles. The lowest BCUT2D eigenvalue weighted by Crippen LogP contribution is -2.29. The Kier molecular flexibility index (Phi) is 5.14. The van der Waals surface area contributed by atoms with Gasteiger partial charge in [-0.3, -0.25) is 19.5 Å². The van der Waals surface area contributed by atoms with Crippen molar-refractivity contribution in [2.75, 3.05) is 12.0 Å². The zero-order valence-corrected chi connectivity index (χ0v) is 18.7. The molecule has 33 heavy (non-hydrogen) atoms. The van der Waals surface area contributed by atoms with Gasteiger partial charge in [-0.1, -0.05) is 29.5 Å². The highest BCUT2D eigenvalue weighted by atomic mass is 32.1. The number of amides is 1. The van der Waals surface area contributed by atoms with E-state index >= 15 is 0 Å². The third-order valence-corrected chi connectivity index (χ3v) is 6.56. The molecule has 4 aromatic rings. The average Bonchev–Trinajstić information content (AvgIpc) is 3.37. The molecule has 0 bridgehead atoms. The number of benzene rings is 2. The van der Waals surface area contributed by atoms with Gasteiger partial charge in [-0.05, 0) is 54.4 Å². The molecule has 0 radical (unpaired) electrons. The van der Waals surface area contributed by atoms with E-state index in [9.17, 15) is 14.7 Å². The largest absolute Gasteiger partial charge is 0.507 e. The standard InChI is InChI=1S/C25H19N3O4S/c1-14-6-7-18-19(12-14)33-25(27-18)28-21(16-4-3-5-17(13-16)32-2)20(23(30)24(28)31)22(29)15-8-10-26-11-9-15/h3-13,21,29H,1-2H3/b22-20+. The molecule has 1 unspecified atom stereocenters. The van der Waals surface area contributed by atoms with Crippen LogP contribution in [0.3, 0.4) is 0 Å². The number of ether oxygens (including phenoxy) is 1. The van der Waals surface area contributed by atoms with E-state index in [0.29, 0.717) is 22.0 Å². The summed E-state index contributed by atoms with van der Waals surface area (Å²) >= 11 is 1.33. The van der Waals surface area contributed by atoms with Gasteiger partial charge in [0.15, 0.2) is 5.13 Å². The van der Waals surface area contributed by atoms with Crippen LogP contribution in [-0.4, -0.2) is 33.9 Å². The summed E-state index contributed by atoms with van der Waals surface area (Å²) in [5.41, 5.74) is 2.83. The van der Waals surface area contributed by atoms with Crippen LogP contribution in [0.1, 0.15) is 22.7 Å². The van der Waals surface area contributed by atoms with Gasteiger partial charge >= 0.3 is 5.91 Å². The maximum atomic E-state index is 13.3. The summed E-state index contributed by atoms with van der Waals surface area (Å²) in [6.45, 7) is 1.98. The van der Waals surface area contributed by atoms with E-state index in [2.05, 4.69) is 9.97 Å². The second-order valence-corrected chi connectivity index (χ2v) is 8.66. The Morgan fingerprint density at radius 3 is 2.64 bits per heavy atom. The van der Waals surface area contributed by atoms with Crippen molar-refractivity contribution < 1.29 is 19.4 Å². The SMILES string of the molecule is COc1cccc(C2/C(=C(\O)c3ccncc3)C(=O)C(=O)N2c2nc3ccc(C)cc3s2)c1. The van der Waals surface area contributed by atoms with Crippen LogP contribution in [-0.2, 0) is 9.59 Å². The molecule has 0 saturated carbocycles. The Morgan fingerprint density at radius 2 is 1.88 bits per heavy atom. The summed E-state index contributed by atoms with van der Waals surface area (Å²) in [7, 11) is 1.54. The summed E-state index contributed by atoms with van der Waals surface area (Å²) in [4.78, 5) is 36.5. The molecule has 2 aromatic carbocycles. The van der Waals surface area contributed by atoms with E-state index in [-0.39, 0.29) is 11.3 Å². The van der Waals surface area contributed by atoms with Crippen LogP contribution < -0.4 is 9.64 Å². The van der Waals surface area contributed by atoms with E-state index < -0.39 is 17.7 Å². The van der Waals surface area contributed by atoms with Crippen LogP contribution in [0.5, 0.6) is 5.75 Å². The molecule has 1 aliphatic rings. The minimum absolute atomic E-state index is 0.00473. The predicted molar refractivity (Wildman–Crippen MR) is 126 cm³/mol. The van der Waals surface area contributed by atoms with Gasteiger partial charge in [0.25, 0.3) is 5.78 Å². The number of hydrogen-bond donors (Lipinski definition) is 1. The number of thiazole rings is 1. The van der Waals surface area contributed by atoms with Crippen molar-refractivity contribution >= 4 is 44.1 Å². The number of aryl methyl sites for hydroxylation is 1. The molecule has 5 rings (SSSR count). The lowest BCUT2D eigenvalue weighted by Gasteiger charge is -2.23. The third kappa shape index (κ3) is 3.54. The summed E-state index contributed by atoms with van der Waals surface area (Å²) < 4.78 is 6.27. The van der Waals surface area contributed by atoms with Crippen molar-refractivity contribution in [2.45, 2.75) is 13.0 Å². The van der Waals surface area contributed by atoms with E-state index in [1.54, 1.807) is 43.5 Å². The van der Waals surface area contributed by atoms with Crippen molar-refractivity contribution in [1.29, 1.82) is 0 Å². The average molecular weight is 458 g/mol. The molecule has 0 spiro atoms. The van der Waals surface area contributed by atoms with Crippen molar-refractivity contribution in [3.8, 4) is 5.75 Å². The minimum Gasteiger partial charge on any atom is -0.507 e. The van der Waals surface area contributed by atoms with Crippen LogP contribution >= 0.6 is 11.3 Å². The van der Waals surface area contributed by atoms with E-state index in [0.717, 1.165) is 15.8 Å². The number of carbonyl (C=O) groups excluding carboxylic acids is 2. The monoisotopic (exact) mass is 457 g/mol. The number of methoxy groups -OCH3 is 1. The molecule has 7 nitrogen and oxygen atoms in total. The van der Waals surface area contributed by atoms with Gasteiger partial charge in [0.05, 0.1) is 28.9 Å². The summed E-state index contributed by atoms with van der Waals surface area (Å²) in [6.07, 6.45) is 3.03. The number of rotatable bonds is 4. The first kappa shape index (κ1) is 20.8. The molecule has 0 aliphatic carbocycles. The highest BCUT2D eigenvalue weighted by Gasteiger charge is 2.48. The lowest BCUT2D eigenvalue weighted by atomic mass is 9.95. The Labute approximate surface area is 193 Å². The molecule has 1 saturated heterocycles. The molecule has 8 heteroatoms. The summed E-state index contributed by atoms with van der Waals surface area (Å²) in [5, 5.41) is 11.5. The summed E-state index contributed by atoms with van der Waals surface area (Å²) in [5.74, 6) is -1.20. The van der Waals surface area contributed by atoms with E-state index in [4.69, 9.17) is 4.74 Å². The van der Waals surface area contributed by atoms with Gasteiger partial charge in [0, 0.05) is 18.0 Å². The highest BCUT2D eigenvalue weighted by Crippen LogP contribution is 2.44. The van der Waals surface area contributed by atoms with Crippen molar-refractivity contribution in [3.05, 3.63) is 89.3 Å². The van der Waals surface area contributed by atoms with Gasteiger partial charge in [-0.15, -0.1) is 0 Å². The van der Waals surface area contributed by atoms with Crippen molar-refractivity contribution in [2.24, 2.45) is 0 Å². The Bertz CT molecular complexity index is 1430. The molecule has 1 aliphatic heterocycles. The molecule has 164 valence electrons. The van der Waals surface area contributed by atoms with Gasteiger partial charge in [0.2, 0.25) is 0 Å². The number of aliphatic hydroxyl groups excluding tert-OH is 1. The number of anilines is 1. The fraction of sp³-hybridized carbons (Fsp3) is 0.120. The lowest BCUT2D eigenvalue weighted by molar-refractivity contribution is -0.132. The topological polar surface area (TPSA) is 92.6 Å². The van der Waals surface area contributed by atoms with Gasteiger partial charge in [-0.25, -0.2) is 4.98 Å². The molecule has 1 amide bonds. The number of Topliss-reactive ketones (excluding diaryl/α,β-unsaturated/α-hetero) is 1. The quantitative estimate of drug-likeness (QED) is 0.273. The molecular weight excluding hydrogens is 438 g/mol. The Morgan fingerprint density at radius 1 is 1.09 bits per heavy atom. The number of carbonyl (C=O) groups is 2. The first-order chi connectivity index (χ1) is 16.0. The number of aromatic nitrogens is 2. The smallest absolute Gasteiger partial charge is 0.301 e. The highest BCUT2D eigenvalue weighted by molar-refractivity contribution is 7.22. The van der Waals surface area contributed by atoms with Gasteiger partial charge in [0.1, 0.15) is 11.5 Å². The molecule has 1 atom stereocenters. The van der Waals surface area contributed by atoms with Crippen LogP contribution in [0.25, 0.3) is 16.0 Å². The zero-order valence-electron chi connectivity index (χ0n) is 17.9. The number of fused-ring (bicyclic) bond motifs is 1. The number of hydrogen-bond acceptors (Lipinski definition) is 7. The normalized spacial score (nSPS) is 17.6. The maximum Gasteiger partial charge on any atom is 0.301 e. The second-order valence-electron chi connectivity index (χ2n) is 7.65. The number of nitrogens with zero attached hydrogens (tertiary/aromatic N) is 3. The Balaban J connectivity index is 1.74. The van der Waals surface area contributed by atoms with Crippen LogP contribution in [0.4, 0.5) is 5.13 Å². The predicted octanol–water partition coefficient (Wildman–Crippen LogP) is 4.63. The molecule has 1 fully saturated rings. The van der Waals surface area contributed by atoms with Crippen LogP contribution in [0, 0.1) is 6.92 Å². The van der Waals surface area contributed by atoms with Crippen LogP contribution in [0.2, 0.25) is 0 Å². The molecule has 2 aromatic heterocycles. The summed E-state index contributed by atoms with van der Waals surface area (Å²) in [6, 6.07) is 15.2. The number of pyridine rings is 1. The third-order valence-electron chi connectivity index (χ3n) is 5.55. The van der Waals surface area contributed by atoms with E-state index in [1.807, 2.05) is 25.1 Å². The number of ketones is 1.